The van der Waals surface area contributed by atoms with Gasteiger partial charge >= 0.3 is 0 Å². The van der Waals surface area contributed by atoms with E-state index in [1.165, 1.54) is 0 Å². The standard InChI is InChI=1S/C7H13O2/c1-5-3-2-4-6(8)7(5)9/h5-7,9H,2-4H2,1H3. The van der Waals surface area contributed by atoms with Gasteiger partial charge in [-0.1, -0.05) is 13.3 Å². The summed E-state index contributed by atoms with van der Waals surface area (Å²) in [6.45, 7) is 1.94. The van der Waals surface area contributed by atoms with Crippen LogP contribution >= 0.6 is 0 Å². The summed E-state index contributed by atoms with van der Waals surface area (Å²) < 4.78 is 0. The second-order valence-corrected chi connectivity index (χ2v) is 2.94. The van der Waals surface area contributed by atoms with Crippen LogP contribution in [0.25, 0.3) is 0 Å². The Kier molecular flexibility index (Phi) is 2.09. The molecule has 53 valence electrons. The summed E-state index contributed by atoms with van der Waals surface area (Å²) in [5.74, 6) is 0.223. The second-order valence-electron chi connectivity index (χ2n) is 2.94. The number of rotatable bonds is 0. The smallest absolute Gasteiger partial charge is 0.119 e. The van der Waals surface area contributed by atoms with E-state index in [0.717, 1.165) is 12.8 Å². The van der Waals surface area contributed by atoms with Gasteiger partial charge in [0.25, 0.3) is 0 Å². The fraction of sp³-hybridized carbons (Fsp3) is 1.00. The fourth-order valence-corrected chi connectivity index (χ4v) is 1.35. The van der Waals surface area contributed by atoms with Crippen molar-refractivity contribution in [1.82, 2.24) is 0 Å². The van der Waals surface area contributed by atoms with E-state index in [9.17, 15) is 5.11 Å². The summed E-state index contributed by atoms with van der Waals surface area (Å²) in [5, 5.41) is 20.0. The minimum Gasteiger partial charge on any atom is -0.390 e. The highest BCUT2D eigenvalue weighted by Gasteiger charge is 2.27. The number of aliphatic hydroxyl groups excluding tert-OH is 1. The van der Waals surface area contributed by atoms with E-state index in [1.54, 1.807) is 0 Å². The first-order valence-corrected chi connectivity index (χ1v) is 3.55. The maximum Gasteiger partial charge on any atom is 0.119 e. The van der Waals surface area contributed by atoms with E-state index in [2.05, 4.69) is 0 Å². The molecule has 3 unspecified atom stereocenters. The Morgan fingerprint density at radius 3 is 2.56 bits per heavy atom. The zero-order chi connectivity index (χ0) is 6.85. The lowest BCUT2D eigenvalue weighted by atomic mass is 9.86. The molecule has 1 aliphatic carbocycles. The molecule has 0 heterocycles. The largest absolute Gasteiger partial charge is 0.390 e. The van der Waals surface area contributed by atoms with Crippen LogP contribution in [0, 0.1) is 5.92 Å². The van der Waals surface area contributed by atoms with Crippen LogP contribution in [0.4, 0.5) is 0 Å². The van der Waals surface area contributed by atoms with E-state index >= 15 is 0 Å². The number of hydrogen-bond acceptors (Lipinski definition) is 1. The third kappa shape index (κ3) is 1.43. The molecule has 2 nitrogen and oxygen atoms in total. The highest BCUT2D eigenvalue weighted by molar-refractivity contribution is 4.77. The lowest BCUT2D eigenvalue weighted by Crippen LogP contribution is -2.34. The summed E-state index contributed by atoms with van der Waals surface area (Å²) >= 11 is 0. The second kappa shape index (κ2) is 2.67. The zero-order valence-corrected chi connectivity index (χ0v) is 5.71. The molecule has 0 aromatic rings. The SMILES string of the molecule is CC1CCCC([O])C1O. The molecule has 1 rings (SSSR count). The van der Waals surface area contributed by atoms with Crippen molar-refractivity contribution in [2.24, 2.45) is 5.92 Å². The highest BCUT2D eigenvalue weighted by Crippen LogP contribution is 2.24. The van der Waals surface area contributed by atoms with Gasteiger partial charge in [-0.25, -0.2) is 5.11 Å². The quantitative estimate of drug-likeness (QED) is 0.520. The monoisotopic (exact) mass is 129 g/mol. The van der Waals surface area contributed by atoms with Crippen LogP contribution in [0.15, 0.2) is 0 Å². The van der Waals surface area contributed by atoms with Crippen molar-refractivity contribution in [2.45, 2.75) is 38.4 Å². The van der Waals surface area contributed by atoms with Gasteiger partial charge in [0.2, 0.25) is 0 Å². The van der Waals surface area contributed by atoms with Crippen LogP contribution in [0.2, 0.25) is 0 Å². The minimum atomic E-state index is -0.714. The lowest BCUT2D eigenvalue weighted by molar-refractivity contribution is -0.0739. The molecule has 3 atom stereocenters. The van der Waals surface area contributed by atoms with E-state index in [0.29, 0.717) is 6.42 Å². The summed E-state index contributed by atoms with van der Waals surface area (Å²) in [4.78, 5) is 0. The average molecular weight is 129 g/mol. The van der Waals surface area contributed by atoms with Crippen molar-refractivity contribution in [2.75, 3.05) is 0 Å². The van der Waals surface area contributed by atoms with Crippen molar-refractivity contribution in [3.63, 3.8) is 0 Å². The van der Waals surface area contributed by atoms with Crippen molar-refractivity contribution >= 4 is 0 Å². The third-order valence-corrected chi connectivity index (χ3v) is 2.11. The molecule has 0 aromatic carbocycles. The van der Waals surface area contributed by atoms with Gasteiger partial charge in [-0.3, -0.25) is 0 Å². The van der Waals surface area contributed by atoms with Crippen LogP contribution in [0.1, 0.15) is 26.2 Å². The Balaban J connectivity index is 2.41. The van der Waals surface area contributed by atoms with Crippen LogP contribution in [0.5, 0.6) is 0 Å². The van der Waals surface area contributed by atoms with Crippen LogP contribution < -0.4 is 0 Å². The normalized spacial score (nSPS) is 45.0. The van der Waals surface area contributed by atoms with Gasteiger partial charge < -0.3 is 5.11 Å². The summed E-state index contributed by atoms with van der Waals surface area (Å²) in [6.07, 6.45) is 1.37. The summed E-state index contributed by atoms with van der Waals surface area (Å²) in [5.41, 5.74) is 0. The molecule has 0 aromatic heterocycles. The molecular formula is C7H13O2. The molecule has 0 amide bonds. The number of hydrogen-bond donors (Lipinski definition) is 1. The first kappa shape index (κ1) is 7.03. The van der Waals surface area contributed by atoms with Crippen molar-refractivity contribution in [3.8, 4) is 0 Å². The van der Waals surface area contributed by atoms with Gasteiger partial charge in [0.1, 0.15) is 6.10 Å². The van der Waals surface area contributed by atoms with Crippen molar-refractivity contribution in [3.05, 3.63) is 0 Å². The van der Waals surface area contributed by atoms with E-state index in [-0.39, 0.29) is 5.92 Å². The maximum absolute atomic E-state index is 10.8. The van der Waals surface area contributed by atoms with E-state index in [1.807, 2.05) is 6.92 Å². The molecule has 1 N–H and O–H groups in total. The van der Waals surface area contributed by atoms with Gasteiger partial charge in [0.15, 0.2) is 0 Å². The van der Waals surface area contributed by atoms with Gasteiger partial charge in [-0.15, -0.1) is 0 Å². The summed E-state index contributed by atoms with van der Waals surface area (Å²) in [6, 6.07) is 0. The molecule has 1 radical (unpaired) electrons. The Bertz CT molecular complexity index is 82.9. The first-order chi connectivity index (χ1) is 4.22. The van der Waals surface area contributed by atoms with E-state index in [4.69, 9.17) is 5.11 Å². The third-order valence-electron chi connectivity index (χ3n) is 2.11. The summed E-state index contributed by atoms with van der Waals surface area (Å²) in [7, 11) is 0. The average Bonchev–Trinajstić information content (AvgIpc) is 1.83. The van der Waals surface area contributed by atoms with Crippen LogP contribution in [0.3, 0.4) is 0 Å². The Morgan fingerprint density at radius 1 is 1.44 bits per heavy atom. The molecule has 0 spiro atoms. The van der Waals surface area contributed by atoms with E-state index < -0.39 is 12.2 Å². The van der Waals surface area contributed by atoms with Gasteiger partial charge in [-0.05, 0) is 18.8 Å². The molecule has 1 aliphatic rings. The topological polar surface area (TPSA) is 40.1 Å². The Morgan fingerprint density at radius 2 is 2.11 bits per heavy atom. The van der Waals surface area contributed by atoms with Gasteiger partial charge in [-0.2, -0.15) is 0 Å². The predicted molar refractivity (Wildman–Crippen MR) is 33.5 cm³/mol. The fourth-order valence-electron chi connectivity index (χ4n) is 1.35. The van der Waals surface area contributed by atoms with Crippen molar-refractivity contribution < 1.29 is 10.2 Å². The molecule has 2 heteroatoms. The molecule has 1 fully saturated rings. The molecule has 0 aliphatic heterocycles. The first-order valence-electron chi connectivity index (χ1n) is 3.55. The van der Waals surface area contributed by atoms with Crippen LogP contribution in [-0.4, -0.2) is 17.3 Å². The van der Waals surface area contributed by atoms with Crippen LogP contribution in [-0.2, 0) is 5.11 Å². The zero-order valence-electron chi connectivity index (χ0n) is 5.71. The minimum absolute atomic E-state index is 0.223. The van der Waals surface area contributed by atoms with Gasteiger partial charge in [0.05, 0.1) is 6.10 Å². The Hall–Kier alpha value is -0.0800. The van der Waals surface area contributed by atoms with Gasteiger partial charge in [0, 0.05) is 0 Å². The molecule has 0 bridgehead atoms. The molecule has 1 saturated carbocycles. The molecular weight excluding hydrogens is 116 g/mol. The molecule has 9 heavy (non-hydrogen) atoms. The molecule has 0 saturated heterocycles. The number of aliphatic hydroxyl groups is 1. The van der Waals surface area contributed by atoms with Crippen molar-refractivity contribution in [1.29, 1.82) is 0 Å². The predicted octanol–water partition coefficient (Wildman–Crippen LogP) is 0.966. The lowest BCUT2D eigenvalue weighted by Gasteiger charge is -2.27. The highest BCUT2D eigenvalue weighted by atomic mass is 16.3. The maximum atomic E-state index is 10.8. The Labute approximate surface area is 55.5 Å².